The number of rotatable bonds is 14. The first kappa shape index (κ1) is 21.4. The first-order chi connectivity index (χ1) is 11.7. The molecule has 6 nitrogen and oxygen atoms in total. The van der Waals surface area contributed by atoms with Crippen molar-refractivity contribution in [2.75, 3.05) is 25.6 Å². The maximum absolute atomic E-state index is 11.2. The minimum absolute atomic E-state index is 0.100. The summed E-state index contributed by atoms with van der Waals surface area (Å²) in [6.45, 7) is 7.85. The van der Waals surface area contributed by atoms with Crippen molar-refractivity contribution < 1.29 is 13.3 Å². The second-order valence-corrected chi connectivity index (χ2v) is 9.05. The van der Waals surface area contributed by atoms with E-state index in [9.17, 15) is 4.79 Å². The van der Waals surface area contributed by atoms with Crippen LogP contribution >= 0.6 is 11.8 Å². The van der Waals surface area contributed by atoms with Gasteiger partial charge in [0.25, 0.3) is 5.56 Å². The lowest BCUT2D eigenvalue weighted by Gasteiger charge is -2.28. The van der Waals surface area contributed by atoms with Crippen molar-refractivity contribution in [3.05, 3.63) is 22.6 Å². The zero-order valence-corrected chi connectivity index (χ0v) is 16.8. The van der Waals surface area contributed by atoms with Crippen LogP contribution in [0.4, 0.5) is 0 Å². The number of H-pyrrole nitrogens is 1. The molecule has 1 aromatic heterocycles. The molecular formula is C16H30N2O4SSi. The molecule has 138 valence electrons. The van der Waals surface area contributed by atoms with Crippen molar-refractivity contribution in [3.63, 3.8) is 0 Å². The van der Waals surface area contributed by atoms with Gasteiger partial charge in [-0.15, -0.1) is 0 Å². The Hall–Kier alpha value is -0.673. The normalized spacial score (nSPS) is 11.8. The molecule has 0 fully saturated rings. The van der Waals surface area contributed by atoms with E-state index in [1.807, 2.05) is 20.8 Å². The zero-order valence-electron chi connectivity index (χ0n) is 15.0. The van der Waals surface area contributed by atoms with E-state index in [0.29, 0.717) is 25.0 Å². The average Bonchev–Trinajstić information content (AvgIpc) is 2.55. The van der Waals surface area contributed by atoms with Crippen molar-refractivity contribution in [2.24, 2.45) is 0 Å². The summed E-state index contributed by atoms with van der Waals surface area (Å²) in [5.74, 6) is 0.956. The minimum Gasteiger partial charge on any atom is -0.374 e. The summed E-state index contributed by atoms with van der Waals surface area (Å²) in [6.07, 6.45) is 5.95. The Morgan fingerprint density at radius 1 is 1.04 bits per heavy atom. The van der Waals surface area contributed by atoms with Gasteiger partial charge in [-0.2, -0.15) is 0 Å². The van der Waals surface area contributed by atoms with Gasteiger partial charge in [0.2, 0.25) is 0 Å². The number of aromatic amines is 1. The highest BCUT2D eigenvalue weighted by Crippen LogP contribution is 2.21. The van der Waals surface area contributed by atoms with Crippen LogP contribution in [0.25, 0.3) is 0 Å². The molecule has 0 aromatic carbocycles. The van der Waals surface area contributed by atoms with Crippen LogP contribution in [-0.4, -0.2) is 44.3 Å². The van der Waals surface area contributed by atoms with Crippen LogP contribution in [0.1, 0.15) is 46.5 Å². The molecule has 0 radical (unpaired) electrons. The predicted molar refractivity (Wildman–Crippen MR) is 99.5 cm³/mol. The predicted octanol–water partition coefficient (Wildman–Crippen LogP) is 3.47. The van der Waals surface area contributed by atoms with E-state index < -0.39 is 8.80 Å². The maximum Gasteiger partial charge on any atom is 0.500 e. The van der Waals surface area contributed by atoms with Crippen molar-refractivity contribution in [3.8, 4) is 0 Å². The molecule has 0 aliphatic heterocycles. The number of nitrogens with one attached hydrogen (secondary N) is 1. The largest absolute Gasteiger partial charge is 0.500 e. The molecule has 1 heterocycles. The molecule has 24 heavy (non-hydrogen) atoms. The standard InChI is InChI=1S/C16H30N2O4SSi/c1-4-20-24(21-5-2,22-6-3)14-10-8-7-9-13-23-16-17-12-11-15(19)18-16/h11-12H,4-10,13-14H2,1-3H3,(H,17,18,19). The summed E-state index contributed by atoms with van der Waals surface area (Å²) in [5.41, 5.74) is -0.100. The van der Waals surface area contributed by atoms with Gasteiger partial charge in [-0.25, -0.2) is 4.98 Å². The van der Waals surface area contributed by atoms with Crippen molar-refractivity contribution >= 4 is 20.6 Å². The molecule has 0 atom stereocenters. The molecule has 0 spiro atoms. The Morgan fingerprint density at radius 3 is 2.25 bits per heavy atom. The van der Waals surface area contributed by atoms with Crippen molar-refractivity contribution in [2.45, 2.75) is 57.7 Å². The van der Waals surface area contributed by atoms with E-state index >= 15 is 0 Å². The first-order valence-corrected chi connectivity index (χ1v) is 11.7. The summed E-state index contributed by atoms with van der Waals surface area (Å²) in [6, 6.07) is 2.30. The summed E-state index contributed by atoms with van der Waals surface area (Å²) in [4.78, 5) is 18.0. The Morgan fingerprint density at radius 2 is 1.67 bits per heavy atom. The highest BCUT2D eigenvalue weighted by molar-refractivity contribution is 7.99. The van der Waals surface area contributed by atoms with Crippen LogP contribution in [-0.2, 0) is 13.3 Å². The average molecular weight is 375 g/mol. The number of unbranched alkanes of at least 4 members (excludes halogenated alkanes) is 3. The topological polar surface area (TPSA) is 73.4 Å². The van der Waals surface area contributed by atoms with Crippen molar-refractivity contribution in [1.82, 2.24) is 9.97 Å². The smallest absolute Gasteiger partial charge is 0.374 e. The fraction of sp³-hybridized carbons (Fsp3) is 0.750. The SMILES string of the molecule is CCO[Si](CCCCCCSc1nccc(=O)[nH]1)(OCC)OCC. The lowest BCUT2D eigenvalue weighted by molar-refractivity contribution is 0.0706. The minimum atomic E-state index is -2.48. The van der Waals surface area contributed by atoms with Gasteiger partial charge >= 0.3 is 8.80 Å². The van der Waals surface area contributed by atoms with Crippen LogP contribution in [0.5, 0.6) is 0 Å². The molecule has 1 N–H and O–H groups in total. The third-order valence-electron chi connectivity index (χ3n) is 3.36. The van der Waals surface area contributed by atoms with E-state index in [1.54, 1.807) is 18.0 Å². The molecule has 1 rings (SSSR count). The zero-order chi connectivity index (χ0) is 17.7. The van der Waals surface area contributed by atoms with Crippen LogP contribution < -0.4 is 5.56 Å². The third kappa shape index (κ3) is 8.43. The van der Waals surface area contributed by atoms with Gasteiger partial charge in [0.15, 0.2) is 5.16 Å². The molecule has 0 amide bonds. The van der Waals surface area contributed by atoms with E-state index in [0.717, 1.165) is 37.5 Å². The van der Waals surface area contributed by atoms with Crippen LogP contribution in [0, 0.1) is 0 Å². The monoisotopic (exact) mass is 374 g/mol. The van der Waals surface area contributed by atoms with Crippen LogP contribution in [0.3, 0.4) is 0 Å². The van der Waals surface area contributed by atoms with Crippen LogP contribution in [0.15, 0.2) is 22.2 Å². The Bertz CT molecular complexity index is 484. The lowest BCUT2D eigenvalue weighted by Crippen LogP contribution is -2.45. The summed E-state index contributed by atoms with van der Waals surface area (Å²) in [7, 11) is -2.48. The molecule has 8 heteroatoms. The van der Waals surface area contributed by atoms with Gasteiger partial charge in [-0.05, 0) is 33.6 Å². The van der Waals surface area contributed by atoms with E-state index in [4.69, 9.17) is 13.3 Å². The molecule has 1 aromatic rings. The van der Waals surface area contributed by atoms with E-state index in [1.165, 1.54) is 6.07 Å². The fourth-order valence-electron chi connectivity index (χ4n) is 2.39. The van der Waals surface area contributed by atoms with Crippen LogP contribution in [0.2, 0.25) is 6.04 Å². The van der Waals surface area contributed by atoms with E-state index in [2.05, 4.69) is 9.97 Å². The summed E-state index contributed by atoms with van der Waals surface area (Å²) >= 11 is 1.59. The molecule has 0 saturated carbocycles. The Labute approximate surface area is 150 Å². The molecule has 0 saturated heterocycles. The number of nitrogens with zero attached hydrogens (tertiary/aromatic N) is 1. The molecule has 0 bridgehead atoms. The number of hydrogen-bond acceptors (Lipinski definition) is 6. The Balaban J connectivity index is 2.21. The molecular weight excluding hydrogens is 344 g/mol. The summed E-state index contributed by atoms with van der Waals surface area (Å²) in [5, 5.41) is 0.693. The van der Waals surface area contributed by atoms with Gasteiger partial charge in [0, 0.05) is 43.9 Å². The maximum atomic E-state index is 11.2. The highest BCUT2D eigenvalue weighted by Gasteiger charge is 2.39. The number of thioether (sulfide) groups is 1. The number of aromatic nitrogens is 2. The summed E-state index contributed by atoms with van der Waals surface area (Å²) < 4.78 is 17.6. The van der Waals surface area contributed by atoms with Gasteiger partial charge in [-0.1, -0.05) is 24.6 Å². The van der Waals surface area contributed by atoms with Crippen molar-refractivity contribution in [1.29, 1.82) is 0 Å². The quantitative estimate of drug-likeness (QED) is 0.233. The third-order valence-corrected chi connectivity index (χ3v) is 7.48. The second-order valence-electron chi connectivity index (χ2n) is 5.23. The Kier molecular flexibility index (Phi) is 11.3. The van der Waals surface area contributed by atoms with Gasteiger partial charge < -0.3 is 18.3 Å². The lowest BCUT2D eigenvalue weighted by atomic mass is 10.2. The fourth-order valence-corrected chi connectivity index (χ4v) is 5.93. The van der Waals surface area contributed by atoms with Gasteiger partial charge in [0.05, 0.1) is 0 Å². The second kappa shape index (κ2) is 12.7. The molecule has 0 aliphatic carbocycles. The van der Waals surface area contributed by atoms with Gasteiger partial charge in [0.1, 0.15) is 0 Å². The number of hydrogen-bond donors (Lipinski definition) is 1. The first-order valence-electron chi connectivity index (χ1n) is 8.75. The molecule has 0 unspecified atom stereocenters. The highest BCUT2D eigenvalue weighted by atomic mass is 32.2. The van der Waals surface area contributed by atoms with Gasteiger partial charge in [-0.3, -0.25) is 4.79 Å². The van der Waals surface area contributed by atoms with E-state index in [-0.39, 0.29) is 5.56 Å². The molecule has 0 aliphatic rings.